The molecular weight excluding hydrogens is 416 g/mol. The van der Waals surface area contributed by atoms with Crippen molar-refractivity contribution in [3.63, 3.8) is 0 Å². The van der Waals surface area contributed by atoms with Crippen LogP contribution in [0.2, 0.25) is 0 Å². The number of rotatable bonds is 8. The van der Waals surface area contributed by atoms with Crippen LogP contribution in [0.3, 0.4) is 0 Å². The first-order valence-corrected chi connectivity index (χ1v) is 11.9. The third-order valence-corrected chi connectivity index (χ3v) is 7.64. The van der Waals surface area contributed by atoms with Gasteiger partial charge in [0.2, 0.25) is 15.8 Å². The number of carbonyl (C=O) groups excluding carboxylic acids is 1. The first-order chi connectivity index (χ1) is 14.8. The molecule has 1 fully saturated rings. The van der Waals surface area contributed by atoms with Gasteiger partial charge in [0.25, 0.3) is 0 Å². The van der Waals surface area contributed by atoms with Crippen molar-refractivity contribution in [2.24, 2.45) is 0 Å². The zero-order valence-corrected chi connectivity index (χ0v) is 19.4. The number of Topliss-reactive ketones (excluding diaryl/α,β-unsaturated/α-hetero) is 1. The zero-order chi connectivity index (χ0) is 22.6. The molecule has 0 spiro atoms. The molecule has 1 aliphatic rings. The lowest BCUT2D eigenvalue weighted by molar-refractivity contribution is -0.895. The first kappa shape index (κ1) is 23.2. The van der Waals surface area contributed by atoms with Gasteiger partial charge in [-0.1, -0.05) is 26.0 Å². The summed E-state index contributed by atoms with van der Waals surface area (Å²) in [4.78, 5) is 14.1. The maximum absolute atomic E-state index is 13.0. The molecule has 0 aromatic heterocycles. The van der Waals surface area contributed by atoms with Gasteiger partial charge in [-0.05, 0) is 41.8 Å². The van der Waals surface area contributed by atoms with E-state index in [1.165, 1.54) is 11.4 Å². The fourth-order valence-corrected chi connectivity index (χ4v) is 5.17. The van der Waals surface area contributed by atoms with Crippen molar-refractivity contribution in [3.05, 3.63) is 53.6 Å². The fourth-order valence-electron chi connectivity index (χ4n) is 3.73. The minimum atomic E-state index is -3.52. The SMILES string of the molecule is COc1ccc(C(=O)C[NH+]2CCN(S(=O)(=O)c3ccc(C(C)C)cc3)CC2)cc1OC. The zero-order valence-electron chi connectivity index (χ0n) is 18.6. The van der Waals surface area contributed by atoms with E-state index in [-0.39, 0.29) is 5.78 Å². The molecule has 31 heavy (non-hydrogen) atoms. The minimum absolute atomic E-state index is 0.00321. The van der Waals surface area contributed by atoms with Crippen LogP contribution in [-0.4, -0.2) is 65.4 Å². The number of carbonyl (C=O) groups is 1. The number of hydrogen-bond acceptors (Lipinski definition) is 5. The first-order valence-electron chi connectivity index (χ1n) is 10.4. The van der Waals surface area contributed by atoms with E-state index in [9.17, 15) is 13.2 Å². The molecule has 2 aromatic carbocycles. The Labute approximate surface area is 184 Å². The van der Waals surface area contributed by atoms with Gasteiger partial charge in [0.05, 0.1) is 45.3 Å². The maximum Gasteiger partial charge on any atom is 0.243 e. The van der Waals surface area contributed by atoms with E-state index < -0.39 is 10.0 Å². The van der Waals surface area contributed by atoms with E-state index in [1.807, 2.05) is 12.1 Å². The molecule has 0 atom stereocenters. The Morgan fingerprint density at radius 1 is 1.00 bits per heavy atom. The molecule has 0 unspecified atom stereocenters. The van der Waals surface area contributed by atoms with Crippen LogP contribution in [0.1, 0.15) is 35.7 Å². The van der Waals surface area contributed by atoms with Crippen LogP contribution in [-0.2, 0) is 10.0 Å². The summed E-state index contributed by atoms with van der Waals surface area (Å²) in [6, 6.07) is 12.2. The van der Waals surface area contributed by atoms with Gasteiger partial charge >= 0.3 is 0 Å². The van der Waals surface area contributed by atoms with Crippen LogP contribution in [0.25, 0.3) is 0 Å². The molecule has 168 valence electrons. The topological polar surface area (TPSA) is 77.4 Å². The van der Waals surface area contributed by atoms with E-state index in [4.69, 9.17) is 9.47 Å². The number of hydrogen-bond donors (Lipinski definition) is 1. The smallest absolute Gasteiger partial charge is 0.243 e. The van der Waals surface area contributed by atoms with Gasteiger partial charge in [0.1, 0.15) is 6.54 Å². The average molecular weight is 448 g/mol. The molecule has 8 heteroatoms. The van der Waals surface area contributed by atoms with E-state index in [1.54, 1.807) is 37.4 Å². The van der Waals surface area contributed by atoms with Crippen LogP contribution in [0, 0.1) is 0 Å². The molecule has 0 bridgehead atoms. The summed E-state index contributed by atoms with van der Waals surface area (Å²) in [5, 5.41) is 0. The Morgan fingerprint density at radius 3 is 2.16 bits per heavy atom. The third kappa shape index (κ3) is 5.26. The molecular formula is C23H31N2O5S+. The standard InChI is InChI=1S/C23H30N2O5S/c1-17(2)18-5-8-20(9-6-18)31(27,28)25-13-11-24(12-14-25)16-21(26)19-7-10-22(29-3)23(15-19)30-4/h5-10,15,17H,11-14,16H2,1-4H3/p+1. The van der Waals surface area contributed by atoms with Gasteiger partial charge in [-0.2, -0.15) is 4.31 Å². The van der Waals surface area contributed by atoms with E-state index in [2.05, 4.69) is 13.8 Å². The van der Waals surface area contributed by atoms with Crippen molar-refractivity contribution in [1.82, 2.24) is 4.31 Å². The number of piperazine rings is 1. The summed E-state index contributed by atoms with van der Waals surface area (Å²) in [5.74, 6) is 1.44. The van der Waals surface area contributed by atoms with Crippen molar-refractivity contribution < 1.29 is 27.6 Å². The van der Waals surface area contributed by atoms with Crippen molar-refractivity contribution in [2.75, 3.05) is 46.9 Å². The number of quaternary nitrogens is 1. The highest BCUT2D eigenvalue weighted by molar-refractivity contribution is 7.89. The highest BCUT2D eigenvalue weighted by Crippen LogP contribution is 2.27. The van der Waals surface area contributed by atoms with Gasteiger partial charge in [0.15, 0.2) is 11.5 Å². The highest BCUT2D eigenvalue weighted by atomic mass is 32.2. The summed E-state index contributed by atoms with van der Waals surface area (Å²) < 4.78 is 38.0. The summed E-state index contributed by atoms with van der Waals surface area (Å²) >= 11 is 0. The van der Waals surface area contributed by atoms with E-state index in [0.717, 1.165) is 10.5 Å². The number of ketones is 1. The predicted octanol–water partition coefficient (Wildman–Crippen LogP) is 1.60. The minimum Gasteiger partial charge on any atom is -0.493 e. The second-order valence-electron chi connectivity index (χ2n) is 8.05. The lowest BCUT2D eigenvalue weighted by Gasteiger charge is -2.31. The van der Waals surface area contributed by atoms with Crippen LogP contribution >= 0.6 is 0 Å². The number of nitrogens with zero attached hydrogens (tertiary/aromatic N) is 1. The lowest BCUT2D eigenvalue weighted by Crippen LogP contribution is -3.15. The summed E-state index contributed by atoms with van der Waals surface area (Å²) in [7, 11) is -0.434. The average Bonchev–Trinajstić information content (AvgIpc) is 2.78. The van der Waals surface area contributed by atoms with Crippen molar-refractivity contribution >= 4 is 15.8 Å². The molecule has 0 radical (unpaired) electrons. The van der Waals surface area contributed by atoms with E-state index in [0.29, 0.717) is 60.6 Å². The second-order valence-corrected chi connectivity index (χ2v) is 9.99. The third-order valence-electron chi connectivity index (χ3n) is 5.73. The predicted molar refractivity (Wildman–Crippen MR) is 119 cm³/mol. The molecule has 1 saturated heterocycles. The number of nitrogens with one attached hydrogen (secondary N) is 1. The van der Waals surface area contributed by atoms with Crippen LogP contribution in [0.5, 0.6) is 11.5 Å². The van der Waals surface area contributed by atoms with Crippen LogP contribution in [0.4, 0.5) is 0 Å². The van der Waals surface area contributed by atoms with Crippen molar-refractivity contribution in [3.8, 4) is 11.5 Å². The molecule has 2 aromatic rings. The summed E-state index contributed by atoms with van der Waals surface area (Å²) in [5.41, 5.74) is 1.67. The molecule has 0 amide bonds. The molecule has 0 aliphatic carbocycles. The number of ether oxygens (including phenoxy) is 2. The van der Waals surface area contributed by atoms with Gasteiger partial charge in [0, 0.05) is 5.56 Å². The molecule has 1 N–H and O–H groups in total. The normalized spacial score (nSPS) is 15.8. The van der Waals surface area contributed by atoms with Gasteiger partial charge in [-0.3, -0.25) is 4.79 Å². The Kier molecular flexibility index (Phi) is 7.35. The largest absolute Gasteiger partial charge is 0.493 e. The summed E-state index contributed by atoms with van der Waals surface area (Å²) in [6.45, 7) is 6.42. The van der Waals surface area contributed by atoms with Crippen LogP contribution in [0.15, 0.2) is 47.4 Å². The molecule has 0 saturated carbocycles. The van der Waals surface area contributed by atoms with Crippen molar-refractivity contribution in [1.29, 1.82) is 0 Å². The molecule has 7 nitrogen and oxygen atoms in total. The van der Waals surface area contributed by atoms with Crippen molar-refractivity contribution in [2.45, 2.75) is 24.7 Å². The highest BCUT2D eigenvalue weighted by Gasteiger charge is 2.31. The molecule has 1 heterocycles. The number of methoxy groups -OCH3 is 2. The summed E-state index contributed by atoms with van der Waals surface area (Å²) in [6.07, 6.45) is 0. The van der Waals surface area contributed by atoms with Gasteiger partial charge in [-0.15, -0.1) is 0 Å². The van der Waals surface area contributed by atoms with Gasteiger partial charge in [-0.25, -0.2) is 8.42 Å². The van der Waals surface area contributed by atoms with E-state index >= 15 is 0 Å². The lowest BCUT2D eigenvalue weighted by atomic mass is 10.0. The quantitative estimate of drug-likeness (QED) is 0.622. The Morgan fingerprint density at radius 2 is 1.61 bits per heavy atom. The molecule has 3 rings (SSSR count). The number of sulfonamides is 1. The Bertz CT molecular complexity index is 1010. The maximum atomic E-state index is 13.0. The number of benzene rings is 2. The van der Waals surface area contributed by atoms with Gasteiger partial charge < -0.3 is 14.4 Å². The molecule has 1 aliphatic heterocycles. The monoisotopic (exact) mass is 447 g/mol. The Balaban J connectivity index is 1.60. The Hall–Kier alpha value is -2.42. The van der Waals surface area contributed by atoms with Crippen LogP contribution < -0.4 is 14.4 Å². The fraction of sp³-hybridized carbons (Fsp3) is 0.435. The second kappa shape index (κ2) is 9.80.